The third-order valence-corrected chi connectivity index (χ3v) is 2.58. The van der Waals surface area contributed by atoms with Crippen LogP contribution in [0, 0.1) is 10.1 Å². The van der Waals surface area contributed by atoms with E-state index in [1.807, 2.05) is 30.3 Å². The fraction of sp³-hybridized carbons (Fsp3) is 0.0714. The number of ketones is 1. The van der Waals surface area contributed by atoms with E-state index in [9.17, 15) is 10.1 Å². The molecule has 0 aliphatic carbocycles. The zero-order valence-electron chi connectivity index (χ0n) is 9.87. The van der Waals surface area contributed by atoms with Crippen LogP contribution in [-0.2, 0) is 0 Å². The summed E-state index contributed by atoms with van der Waals surface area (Å²) in [5.41, 5.74) is 1.82. The van der Waals surface area contributed by atoms with E-state index in [0.717, 1.165) is 11.1 Å². The molecular weight excluding hydrogens is 230 g/mol. The van der Waals surface area contributed by atoms with Gasteiger partial charge in [-0.15, -0.1) is 0 Å². The Kier molecular flexibility index (Phi) is 3.48. The van der Waals surface area contributed by atoms with E-state index in [-0.39, 0.29) is 5.69 Å². The van der Waals surface area contributed by atoms with Crippen molar-refractivity contribution >= 4 is 11.5 Å². The molecule has 0 N–H and O–H groups in total. The van der Waals surface area contributed by atoms with Crippen LogP contribution in [0.25, 0.3) is 0 Å². The number of nitro groups is 1. The summed E-state index contributed by atoms with van der Waals surface area (Å²) < 4.78 is 5.37. The van der Waals surface area contributed by atoms with Gasteiger partial charge in [-0.2, -0.15) is 0 Å². The lowest BCUT2D eigenvalue weighted by molar-refractivity contribution is -0.384. The van der Waals surface area contributed by atoms with Crippen LogP contribution in [-0.4, -0.2) is 17.8 Å². The molecule has 4 heteroatoms. The minimum absolute atomic E-state index is 0.0715. The largest absolute Gasteiger partial charge is 0.357 e. The Bertz CT molecular complexity index is 574. The van der Waals surface area contributed by atoms with Crippen LogP contribution in [0.4, 0.5) is 5.69 Å². The molecule has 0 amide bonds. The average molecular weight is 242 g/mol. The van der Waals surface area contributed by atoms with Crippen molar-refractivity contribution in [2.24, 2.45) is 0 Å². The third kappa shape index (κ3) is 2.43. The van der Waals surface area contributed by atoms with E-state index in [0.29, 0.717) is 5.78 Å². The van der Waals surface area contributed by atoms with Crippen LogP contribution in [0.2, 0.25) is 0 Å². The molecule has 0 aliphatic rings. The smallest absolute Gasteiger partial charge is 0.258 e. The average Bonchev–Trinajstić information content (AvgIpc) is 2.41. The van der Waals surface area contributed by atoms with Gasteiger partial charge in [0.05, 0.1) is 16.1 Å². The summed E-state index contributed by atoms with van der Waals surface area (Å²) in [7, 11) is 1.59. The number of nitro benzene ring substituents is 1. The summed E-state index contributed by atoms with van der Waals surface area (Å²) in [5.74, 6) is 0.700. The first-order chi connectivity index (χ1) is 8.72. The Morgan fingerprint density at radius 3 is 2.06 bits per heavy atom. The van der Waals surface area contributed by atoms with E-state index in [1.165, 1.54) is 12.1 Å². The normalized spacial score (nSPS) is 11.3. The van der Waals surface area contributed by atoms with Gasteiger partial charge in [-0.3, -0.25) is 14.5 Å². The highest BCUT2D eigenvalue weighted by atomic mass is 16.6. The number of hydrogen-bond donors (Lipinski definition) is 0. The lowest BCUT2D eigenvalue weighted by atomic mass is 10.0. The molecular formula is C14H12NO3+. The van der Waals surface area contributed by atoms with Gasteiger partial charge in [0.1, 0.15) is 0 Å². The van der Waals surface area contributed by atoms with Gasteiger partial charge in [0.25, 0.3) is 12.8 Å². The fourth-order valence-corrected chi connectivity index (χ4v) is 1.73. The van der Waals surface area contributed by atoms with Crippen molar-refractivity contribution in [2.45, 2.75) is 0 Å². The number of rotatable bonds is 3. The van der Waals surface area contributed by atoms with E-state index in [1.54, 1.807) is 19.2 Å². The molecule has 90 valence electrons. The van der Waals surface area contributed by atoms with Gasteiger partial charge in [0.2, 0.25) is 0 Å². The number of non-ortho nitro benzene ring substituents is 1. The molecule has 4 nitrogen and oxygen atoms in total. The fourth-order valence-electron chi connectivity index (χ4n) is 1.73. The van der Waals surface area contributed by atoms with E-state index < -0.39 is 4.92 Å². The minimum Gasteiger partial charge on any atom is -0.258 e. The lowest BCUT2D eigenvalue weighted by Gasteiger charge is -1.97. The van der Waals surface area contributed by atoms with Crippen LogP contribution < -0.4 is 0 Å². The Balaban J connectivity index is 2.38. The van der Waals surface area contributed by atoms with Gasteiger partial charge in [-0.1, -0.05) is 18.2 Å². The van der Waals surface area contributed by atoms with Crippen LogP contribution in [0.1, 0.15) is 15.6 Å². The molecule has 0 aromatic heterocycles. The predicted octanol–water partition coefficient (Wildman–Crippen LogP) is 2.99. The van der Waals surface area contributed by atoms with Crippen LogP contribution in [0.3, 0.4) is 0 Å². The molecule has 0 unspecified atom stereocenters. The maximum Gasteiger partial charge on any atom is 0.357 e. The Morgan fingerprint density at radius 2 is 1.56 bits per heavy atom. The third-order valence-electron chi connectivity index (χ3n) is 2.58. The number of carbonyl (C=O) groups excluding carboxylic acids is 1. The summed E-state index contributed by atoms with van der Waals surface area (Å²) in [4.78, 5) is 10.2. The molecule has 0 aliphatic heterocycles. The number of nitrogens with zero attached hydrogens (tertiary/aromatic N) is 1. The molecule has 0 bridgehead atoms. The predicted molar refractivity (Wildman–Crippen MR) is 68.9 cm³/mol. The lowest BCUT2D eigenvalue weighted by Crippen LogP contribution is -2.03. The van der Waals surface area contributed by atoms with Gasteiger partial charge >= 0.3 is 5.78 Å². The molecule has 2 rings (SSSR count). The Labute approximate surface area is 104 Å². The molecule has 0 spiro atoms. The molecule has 2 aromatic rings. The second kappa shape index (κ2) is 5.23. The van der Waals surface area contributed by atoms with Crippen molar-refractivity contribution in [2.75, 3.05) is 7.11 Å². The van der Waals surface area contributed by atoms with Gasteiger partial charge in [0.15, 0.2) is 0 Å². The quantitative estimate of drug-likeness (QED) is 0.359. The van der Waals surface area contributed by atoms with Crippen molar-refractivity contribution in [3.63, 3.8) is 0 Å². The van der Waals surface area contributed by atoms with E-state index in [2.05, 4.69) is 0 Å². The second-order valence-corrected chi connectivity index (χ2v) is 3.70. The molecule has 2 aromatic carbocycles. The first-order valence-corrected chi connectivity index (χ1v) is 5.43. The highest BCUT2D eigenvalue weighted by Gasteiger charge is 2.18. The van der Waals surface area contributed by atoms with Crippen LogP contribution in [0.5, 0.6) is 0 Å². The highest BCUT2D eigenvalue weighted by Crippen LogP contribution is 2.15. The summed E-state index contributed by atoms with van der Waals surface area (Å²) >= 11 is 0. The molecule has 0 saturated heterocycles. The van der Waals surface area contributed by atoms with Crippen molar-refractivity contribution in [3.05, 3.63) is 75.8 Å². The molecule has 0 radical (unpaired) electrons. The number of hydrogen-bond acceptors (Lipinski definition) is 2. The summed E-state index contributed by atoms with van der Waals surface area (Å²) in [5, 5.41) is 10.6. The highest BCUT2D eigenvalue weighted by molar-refractivity contribution is 6.09. The van der Waals surface area contributed by atoms with Gasteiger partial charge < -0.3 is 0 Å². The molecule has 0 heterocycles. The first-order valence-electron chi connectivity index (χ1n) is 5.43. The van der Waals surface area contributed by atoms with E-state index >= 15 is 0 Å². The molecule has 0 atom stereocenters. The molecule has 0 saturated carbocycles. The molecule has 0 fully saturated rings. The standard InChI is InChI=1S/C14H12NO3/c1-18-14(11-5-3-2-4-6-11)12-7-9-13(10-8-12)15(16)17/h2-10H,1H3/q+1. The maximum absolute atomic E-state index is 10.6. The SMILES string of the molecule is C[O+]=C(c1ccccc1)c1ccc([N+](=O)[O-])cc1. The van der Waals surface area contributed by atoms with E-state index in [4.69, 9.17) is 4.42 Å². The zero-order valence-corrected chi connectivity index (χ0v) is 9.87. The summed E-state index contributed by atoms with van der Waals surface area (Å²) in [6.07, 6.45) is 0. The zero-order chi connectivity index (χ0) is 13.0. The monoisotopic (exact) mass is 242 g/mol. The van der Waals surface area contributed by atoms with Crippen LogP contribution in [0.15, 0.2) is 54.6 Å². The minimum atomic E-state index is -0.418. The summed E-state index contributed by atoms with van der Waals surface area (Å²) in [6, 6.07) is 15.9. The first kappa shape index (κ1) is 12.0. The van der Waals surface area contributed by atoms with Crippen molar-refractivity contribution in [1.29, 1.82) is 0 Å². The Hall–Kier alpha value is -2.49. The maximum atomic E-state index is 10.6. The second-order valence-electron chi connectivity index (χ2n) is 3.70. The van der Waals surface area contributed by atoms with Crippen LogP contribution >= 0.6 is 0 Å². The topological polar surface area (TPSA) is 54.4 Å². The van der Waals surface area contributed by atoms with Gasteiger partial charge in [0, 0.05) is 12.1 Å². The van der Waals surface area contributed by atoms with Crippen molar-refractivity contribution in [3.8, 4) is 0 Å². The number of benzene rings is 2. The van der Waals surface area contributed by atoms with Crippen molar-refractivity contribution < 1.29 is 9.35 Å². The van der Waals surface area contributed by atoms with Gasteiger partial charge in [-0.25, -0.2) is 0 Å². The van der Waals surface area contributed by atoms with Crippen molar-refractivity contribution in [1.82, 2.24) is 0 Å². The molecule has 18 heavy (non-hydrogen) atoms. The summed E-state index contributed by atoms with van der Waals surface area (Å²) in [6.45, 7) is 0. The van der Waals surface area contributed by atoms with Gasteiger partial charge in [-0.05, 0) is 24.3 Å². The Morgan fingerprint density at radius 1 is 1.00 bits per heavy atom.